The quantitative estimate of drug-likeness (QED) is 0.210. The van der Waals surface area contributed by atoms with Crippen LogP contribution in [0.5, 0.6) is 5.75 Å². The molecule has 1 fully saturated rings. The number of phenolic OH excluding ortho intramolecular Hbond substituents is 1. The summed E-state index contributed by atoms with van der Waals surface area (Å²) in [4.78, 5) is 31.1. The molecule has 0 radical (unpaired) electrons. The first-order valence-electron chi connectivity index (χ1n) is 13.9. The number of nitriles is 1. The topological polar surface area (TPSA) is 109 Å². The molecule has 1 aliphatic heterocycles. The molecule has 1 aromatic heterocycles. The van der Waals surface area contributed by atoms with E-state index in [-0.39, 0.29) is 56.2 Å². The minimum absolute atomic E-state index is 0.0168. The molecule has 3 aromatic carbocycles. The Morgan fingerprint density at radius 3 is 2.36 bits per heavy atom. The second-order valence-electron chi connectivity index (χ2n) is 10.9. The number of alkyl halides is 3. The molecule has 12 heteroatoms. The molecular weight excluding hydrogens is 628 g/mol. The smallest absolute Gasteiger partial charge is 0.416 e. The molecule has 1 aliphatic rings. The van der Waals surface area contributed by atoms with Crippen LogP contribution in [0.25, 0.3) is 22.4 Å². The fourth-order valence-electron chi connectivity index (χ4n) is 5.85. The van der Waals surface area contributed by atoms with E-state index in [1.54, 1.807) is 13.1 Å². The van der Waals surface area contributed by atoms with Crippen molar-refractivity contribution in [3.63, 3.8) is 0 Å². The summed E-state index contributed by atoms with van der Waals surface area (Å²) in [6.07, 6.45) is -3.53. The van der Waals surface area contributed by atoms with E-state index in [0.717, 1.165) is 23.8 Å². The largest absolute Gasteiger partial charge is 0.507 e. The summed E-state index contributed by atoms with van der Waals surface area (Å²) in [6.45, 7) is 1.28. The molecule has 1 amide bonds. The fourth-order valence-corrected chi connectivity index (χ4v) is 6.31. The predicted octanol–water partition coefficient (Wildman–Crippen LogP) is 6.89. The number of aromatic hydroxyl groups is 1. The van der Waals surface area contributed by atoms with Crippen LogP contribution < -0.4 is 10.9 Å². The van der Waals surface area contributed by atoms with Crippen LogP contribution in [0, 0.1) is 11.3 Å². The van der Waals surface area contributed by atoms with E-state index in [2.05, 4.69) is 10.3 Å². The molecule has 3 N–H and O–H groups in total. The third-order valence-electron chi connectivity index (χ3n) is 8.12. The van der Waals surface area contributed by atoms with Gasteiger partial charge < -0.3 is 20.3 Å². The normalized spacial score (nSPS) is 14.5. The molecule has 0 saturated carbocycles. The zero-order chi connectivity index (χ0) is 32.5. The van der Waals surface area contributed by atoms with Gasteiger partial charge in [-0.3, -0.25) is 9.59 Å². The average Bonchev–Trinajstić information content (AvgIpc) is 3.02. The highest BCUT2D eigenvalue weighted by molar-refractivity contribution is 6.33. The van der Waals surface area contributed by atoms with Crippen molar-refractivity contribution < 1.29 is 23.1 Å². The third kappa shape index (κ3) is 6.29. The standard InChI is InChI=1S/C33H27Cl2F3N4O3/c1-42(31(45)32(9-11-40-12-10-32)20-5-3-2-4-6-20)18-19-13-22(34)15-25(29(19)43)28-16-23(26(17-39)30(44)41-28)24-14-21(33(36,37)38)7-8-27(24)35/h2-8,13-16,40,43H,9-12,18H2,1H3,(H,41,44). The third-order valence-corrected chi connectivity index (χ3v) is 8.67. The molecule has 1 saturated heterocycles. The Bertz CT molecular complexity index is 1860. The number of aromatic amines is 1. The minimum Gasteiger partial charge on any atom is -0.507 e. The van der Waals surface area contributed by atoms with Crippen molar-refractivity contribution in [3.05, 3.63) is 109 Å². The molecule has 7 nitrogen and oxygen atoms in total. The molecule has 232 valence electrons. The monoisotopic (exact) mass is 654 g/mol. The summed E-state index contributed by atoms with van der Waals surface area (Å²) in [6, 6.07) is 18.0. The lowest BCUT2D eigenvalue weighted by Crippen LogP contribution is -2.51. The second kappa shape index (κ2) is 12.6. The number of hydrogen-bond acceptors (Lipinski definition) is 5. The second-order valence-corrected chi connectivity index (χ2v) is 11.8. The summed E-state index contributed by atoms with van der Waals surface area (Å²) >= 11 is 12.7. The number of H-pyrrole nitrogens is 1. The molecule has 5 rings (SSSR count). The number of piperidine rings is 1. The summed E-state index contributed by atoms with van der Waals surface area (Å²) in [5.41, 5.74) is -2.29. The number of nitrogens with one attached hydrogen (secondary N) is 2. The first-order valence-corrected chi connectivity index (χ1v) is 14.7. The lowest BCUT2D eigenvalue weighted by Gasteiger charge is -2.39. The van der Waals surface area contributed by atoms with Gasteiger partial charge in [-0.1, -0.05) is 53.5 Å². The van der Waals surface area contributed by atoms with Crippen molar-refractivity contribution in [3.8, 4) is 34.2 Å². The van der Waals surface area contributed by atoms with Crippen LogP contribution in [-0.2, 0) is 22.9 Å². The lowest BCUT2D eigenvalue weighted by atomic mass is 9.72. The van der Waals surface area contributed by atoms with Crippen molar-refractivity contribution >= 4 is 29.1 Å². The number of pyridine rings is 1. The van der Waals surface area contributed by atoms with Crippen molar-refractivity contribution in [1.29, 1.82) is 5.26 Å². The summed E-state index contributed by atoms with van der Waals surface area (Å²) in [5.74, 6) is -0.441. The van der Waals surface area contributed by atoms with Crippen LogP contribution in [0.1, 0.15) is 35.1 Å². The average molecular weight is 656 g/mol. The summed E-state index contributed by atoms with van der Waals surface area (Å²) in [7, 11) is 1.63. The Morgan fingerprint density at radius 2 is 1.71 bits per heavy atom. The molecule has 0 atom stereocenters. The van der Waals surface area contributed by atoms with Gasteiger partial charge in [-0.25, -0.2) is 0 Å². The van der Waals surface area contributed by atoms with E-state index in [1.165, 1.54) is 23.1 Å². The minimum atomic E-state index is -4.70. The lowest BCUT2D eigenvalue weighted by molar-refractivity contribution is -0.138. The van der Waals surface area contributed by atoms with E-state index in [0.29, 0.717) is 25.9 Å². The number of carbonyl (C=O) groups is 1. The zero-order valence-electron chi connectivity index (χ0n) is 23.9. The number of likely N-dealkylation sites (N-methyl/N-ethyl adjacent to an activating group) is 1. The molecule has 0 bridgehead atoms. The van der Waals surface area contributed by atoms with E-state index in [9.17, 15) is 33.1 Å². The first-order chi connectivity index (χ1) is 21.4. The fraction of sp³-hybridized carbons (Fsp3) is 0.242. The van der Waals surface area contributed by atoms with E-state index >= 15 is 0 Å². The van der Waals surface area contributed by atoms with Gasteiger partial charge in [-0.2, -0.15) is 18.4 Å². The van der Waals surface area contributed by atoms with Gasteiger partial charge in [0.25, 0.3) is 5.56 Å². The number of amides is 1. The first kappa shape index (κ1) is 32.1. The van der Waals surface area contributed by atoms with Gasteiger partial charge in [0.2, 0.25) is 5.91 Å². The van der Waals surface area contributed by atoms with E-state index < -0.39 is 28.3 Å². The predicted molar refractivity (Wildman–Crippen MR) is 166 cm³/mol. The number of halogens is 5. The summed E-state index contributed by atoms with van der Waals surface area (Å²) < 4.78 is 40.5. The Hall–Kier alpha value is -4.30. The van der Waals surface area contributed by atoms with Crippen LogP contribution in [-0.4, -0.2) is 41.0 Å². The van der Waals surface area contributed by atoms with Crippen molar-refractivity contribution in [2.24, 2.45) is 0 Å². The van der Waals surface area contributed by atoms with Crippen molar-refractivity contribution in [1.82, 2.24) is 15.2 Å². The molecule has 0 unspecified atom stereocenters. The molecule has 4 aromatic rings. The van der Waals surface area contributed by atoms with Gasteiger partial charge in [0.1, 0.15) is 17.4 Å². The molecule has 2 heterocycles. The van der Waals surface area contributed by atoms with E-state index in [4.69, 9.17) is 23.2 Å². The molecule has 0 spiro atoms. The zero-order valence-corrected chi connectivity index (χ0v) is 25.4. The van der Waals surface area contributed by atoms with E-state index in [1.807, 2.05) is 30.3 Å². The van der Waals surface area contributed by atoms with Gasteiger partial charge >= 0.3 is 6.18 Å². The number of hydrogen-bond donors (Lipinski definition) is 3. The molecule has 45 heavy (non-hydrogen) atoms. The number of carbonyl (C=O) groups excluding carboxylic acids is 1. The van der Waals surface area contributed by atoms with Crippen LogP contribution in [0.15, 0.2) is 71.5 Å². The highest BCUT2D eigenvalue weighted by Gasteiger charge is 2.43. The number of phenols is 1. The SMILES string of the molecule is CN(Cc1cc(Cl)cc(-c2cc(-c3cc(C(F)(F)F)ccc3Cl)c(C#N)c(=O)[nH]2)c1O)C(=O)C1(c2ccccc2)CCNCC1. The Kier molecular flexibility index (Phi) is 8.99. The van der Waals surface area contributed by atoms with Crippen LogP contribution in [0.3, 0.4) is 0 Å². The van der Waals surface area contributed by atoms with Gasteiger partial charge in [-0.15, -0.1) is 0 Å². The van der Waals surface area contributed by atoms with Crippen molar-refractivity contribution in [2.45, 2.75) is 31.0 Å². The highest BCUT2D eigenvalue weighted by atomic mass is 35.5. The van der Waals surface area contributed by atoms with Gasteiger partial charge in [0.05, 0.1) is 16.7 Å². The van der Waals surface area contributed by atoms with Gasteiger partial charge in [0.15, 0.2) is 0 Å². The van der Waals surface area contributed by atoms with Crippen LogP contribution >= 0.6 is 23.2 Å². The maximum atomic E-state index is 14.0. The Labute approximate surface area is 266 Å². The maximum Gasteiger partial charge on any atom is 0.416 e. The highest BCUT2D eigenvalue weighted by Crippen LogP contribution is 2.41. The number of nitrogens with zero attached hydrogens (tertiary/aromatic N) is 2. The molecular formula is C33H27Cl2F3N4O3. The van der Waals surface area contributed by atoms with Crippen molar-refractivity contribution in [2.75, 3.05) is 20.1 Å². The number of benzene rings is 3. The van der Waals surface area contributed by atoms with Crippen LogP contribution in [0.4, 0.5) is 13.2 Å². The Morgan fingerprint density at radius 1 is 1.02 bits per heavy atom. The molecule has 0 aliphatic carbocycles. The maximum absolute atomic E-state index is 14.0. The number of rotatable bonds is 6. The Balaban J connectivity index is 1.56. The number of aromatic nitrogens is 1. The van der Waals surface area contributed by atoms with Gasteiger partial charge in [0, 0.05) is 45.9 Å². The summed E-state index contributed by atoms with van der Waals surface area (Å²) in [5, 5.41) is 24.5. The van der Waals surface area contributed by atoms with Gasteiger partial charge in [-0.05, 0) is 67.9 Å². The van der Waals surface area contributed by atoms with Crippen LogP contribution in [0.2, 0.25) is 10.0 Å².